The molecule has 3 aromatic carbocycles. The first kappa shape index (κ1) is 28.3. The Bertz CT molecular complexity index is 1510. The van der Waals surface area contributed by atoms with Gasteiger partial charge in [-0.3, -0.25) is 9.59 Å². The maximum Gasteiger partial charge on any atom is 0.250 e. The third-order valence-corrected chi connectivity index (χ3v) is 7.86. The number of allylic oxidation sites excluding steroid dienone is 1. The average Bonchev–Trinajstić information content (AvgIpc) is 3.15. The van der Waals surface area contributed by atoms with Crippen molar-refractivity contribution >= 4 is 35.4 Å². The number of amidine groups is 1. The fourth-order valence-electron chi connectivity index (χ4n) is 5.78. The lowest BCUT2D eigenvalue weighted by atomic mass is 9.84. The van der Waals surface area contributed by atoms with Gasteiger partial charge in [0.05, 0.1) is 5.69 Å². The predicted octanol–water partition coefficient (Wildman–Crippen LogP) is 7.63. The molecule has 0 saturated carbocycles. The first-order valence-corrected chi connectivity index (χ1v) is 14.8. The molecular formula is C36H39N3O2. The Balaban J connectivity index is 1.33. The topological polar surface area (TPSA) is 75.8 Å². The van der Waals surface area contributed by atoms with E-state index in [9.17, 15) is 9.59 Å². The number of fused-ring (bicyclic) bond motifs is 2. The van der Waals surface area contributed by atoms with Crippen LogP contribution >= 0.6 is 0 Å². The molecule has 5 nitrogen and oxygen atoms in total. The molecule has 5 rings (SSSR count). The Morgan fingerprint density at radius 3 is 2.44 bits per heavy atom. The summed E-state index contributed by atoms with van der Waals surface area (Å²) in [6.45, 7) is 5.64. The van der Waals surface area contributed by atoms with Gasteiger partial charge in [0.1, 0.15) is 5.84 Å². The van der Waals surface area contributed by atoms with Gasteiger partial charge in [-0.25, -0.2) is 4.99 Å². The molecule has 1 aliphatic heterocycles. The van der Waals surface area contributed by atoms with Crippen molar-refractivity contribution < 1.29 is 9.59 Å². The quantitative estimate of drug-likeness (QED) is 0.285. The molecule has 0 bridgehead atoms. The van der Waals surface area contributed by atoms with Crippen LogP contribution in [0, 0.1) is 5.92 Å². The van der Waals surface area contributed by atoms with Crippen LogP contribution in [-0.4, -0.2) is 35.5 Å². The molecule has 2 N–H and O–H groups in total. The van der Waals surface area contributed by atoms with E-state index in [-0.39, 0.29) is 17.6 Å². The number of benzene rings is 3. The summed E-state index contributed by atoms with van der Waals surface area (Å²) in [5.74, 6) is 0.596. The number of nitrogens with two attached hydrogens (primary N) is 1. The van der Waals surface area contributed by atoms with Gasteiger partial charge in [0.25, 0.3) is 0 Å². The first-order chi connectivity index (χ1) is 20.0. The third kappa shape index (κ3) is 6.57. The molecule has 0 radical (unpaired) electrons. The second-order valence-electron chi connectivity index (χ2n) is 11.0. The predicted molar refractivity (Wildman–Crippen MR) is 169 cm³/mol. The molecular weight excluding hydrogens is 506 g/mol. The molecule has 1 amide bonds. The van der Waals surface area contributed by atoms with E-state index in [4.69, 9.17) is 5.73 Å². The van der Waals surface area contributed by atoms with Gasteiger partial charge in [-0.15, -0.1) is 0 Å². The van der Waals surface area contributed by atoms with E-state index < -0.39 is 0 Å². The Kier molecular flexibility index (Phi) is 8.93. The molecule has 0 fully saturated rings. The van der Waals surface area contributed by atoms with Gasteiger partial charge in [-0.1, -0.05) is 80.6 Å². The van der Waals surface area contributed by atoms with E-state index in [1.807, 2.05) is 47.4 Å². The highest BCUT2D eigenvalue weighted by atomic mass is 16.2. The van der Waals surface area contributed by atoms with Crippen LogP contribution in [0.4, 0.5) is 5.69 Å². The molecule has 2 aliphatic rings. The highest BCUT2D eigenvalue weighted by molar-refractivity contribution is 6.06. The minimum Gasteiger partial charge on any atom is -0.387 e. The smallest absolute Gasteiger partial charge is 0.250 e. The van der Waals surface area contributed by atoms with E-state index in [1.54, 1.807) is 0 Å². The molecule has 41 heavy (non-hydrogen) atoms. The summed E-state index contributed by atoms with van der Waals surface area (Å²) in [4.78, 5) is 33.1. The van der Waals surface area contributed by atoms with Gasteiger partial charge in [0.2, 0.25) is 5.91 Å². The van der Waals surface area contributed by atoms with Crippen LogP contribution in [-0.2, 0) is 11.2 Å². The van der Waals surface area contributed by atoms with E-state index in [0.29, 0.717) is 17.8 Å². The minimum atomic E-state index is -0.0730. The molecule has 5 heteroatoms. The van der Waals surface area contributed by atoms with Crippen molar-refractivity contribution in [3.05, 3.63) is 101 Å². The van der Waals surface area contributed by atoms with Crippen molar-refractivity contribution in [3.63, 3.8) is 0 Å². The largest absolute Gasteiger partial charge is 0.387 e. The van der Waals surface area contributed by atoms with Crippen molar-refractivity contribution in [2.75, 3.05) is 13.1 Å². The maximum atomic E-state index is 13.3. The molecule has 1 atom stereocenters. The summed E-state index contributed by atoms with van der Waals surface area (Å²) in [5, 5.41) is 0. The number of nitrogens with zero attached hydrogens (tertiary/aromatic N) is 2. The van der Waals surface area contributed by atoms with Crippen molar-refractivity contribution in [2.24, 2.45) is 16.6 Å². The lowest BCUT2D eigenvalue weighted by Crippen LogP contribution is -2.34. The first-order valence-electron chi connectivity index (χ1n) is 14.8. The van der Waals surface area contributed by atoms with Crippen LogP contribution in [0.2, 0.25) is 0 Å². The number of amides is 1. The van der Waals surface area contributed by atoms with Crippen LogP contribution in [0.3, 0.4) is 0 Å². The van der Waals surface area contributed by atoms with Crippen LogP contribution in [0.1, 0.15) is 73.0 Å². The highest BCUT2D eigenvalue weighted by Crippen LogP contribution is 2.34. The molecule has 1 unspecified atom stereocenters. The van der Waals surface area contributed by atoms with E-state index in [0.717, 1.165) is 78.7 Å². The number of hydrogen-bond donors (Lipinski definition) is 1. The zero-order chi connectivity index (χ0) is 28.8. The van der Waals surface area contributed by atoms with Gasteiger partial charge in [-0.2, -0.15) is 0 Å². The van der Waals surface area contributed by atoms with Gasteiger partial charge in [-0.05, 0) is 72.6 Å². The van der Waals surface area contributed by atoms with Crippen LogP contribution in [0.5, 0.6) is 0 Å². The normalized spacial score (nSPS) is 15.9. The van der Waals surface area contributed by atoms with Gasteiger partial charge < -0.3 is 10.6 Å². The molecule has 1 aliphatic carbocycles. The van der Waals surface area contributed by atoms with Crippen LogP contribution in [0.25, 0.3) is 23.3 Å². The number of carbonyl (C=O) groups is 2. The van der Waals surface area contributed by atoms with Crippen molar-refractivity contribution in [3.8, 4) is 11.1 Å². The molecule has 210 valence electrons. The van der Waals surface area contributed by atoms with Gasteiger partial charge in [0, 0.05) is 42.1 Å². The standard InChI is InChI=1S/C36H39N3O2/c1-3-19-39(20-4-2)36(41)31-22-30-16-14-28(23-33(30)38-34(37)24-31)27-17-18-32-29(21-27)15-13-26(35(32)40)12-8-11-25-9-6-5-7-10-25/h5-7,9-10,13-18,21-23,26H,3-4,8,11-12,19-20,24H2,1-2H3,(H2,37,38). The number of Topliss-reactive ketones (excluding diaryl/α,β-unsaturated/α-hetero) is 1. The number of carbonyl (C=O) groups excluding carboxylic acids is 2. The zero-order valence-corrected chi connectivity index (χ0v) is 24.1. The number of aryl methyl sites for hydroxylation is 1. The minimum absolute atomic E-state index is 0.0355. The van der Waals surface area contributed by atoms with Crippen molar-refractivity contribution in [1.29, 1.82) is 0 Å². The monoisotopic (exact) mass is 545 g/mol. The SMILES string of the molecule is CCCN(CCC)C(=O)C1=Cc2ccc(-c3ccc4c(c3)C=CC(CCCc3ccccc3)C4=O)cc2N=C(N)C1. The summed E-state index contributed by atoms with van der Waals surface area (Å²) in [6.07, 6.45) is 11.1. The van der Waals surface area contributed by atoms with E-state index in [1.165, 1.54) is 5.56 Å². The fourth-order valence-corrected chi connectivity index (χ4v) is 5.78. The average molecular weight is 546 g/mol. The maximum absolute atomic E-state index is 13.3. The molecule has 0 aromatic heterocycles. The van der Waals surface area contributed by atoms with Crippen molar-refractivity contribution in [1.82, 2.24) is 4.90 Å². The molecule has 3 aromatic rings. The van der Waals surface area contributed by atoms with Crippen LogP contribution < -0.4 is 5.73 Å². The number of rotatable bonds is 10. The second kappa shape index (κ2) is 12.9. The lowest BCUT2D eigenvalue weighted by molar-refractivity contribution is -0.127. The summed E-state index contributed by atoms with van der Waals surface area (Å²) in [7, 11) is 0. The zero-order valence-electron chi connectivity index (χ0n) is 24.1. The Labute approximate surface area is 243 Å². The van der Waals surface area contributed by atoms with E-state index >= 15 is 0 Å². The summed E-state index contributed by atoms with van der Waals surface area (Å²) in [6, 6.07) is 22.5. The number of aliphatic imine (C=N–C) groups is 1. The van der Waals surface area contributed by atoms with Crippen LogP contribution in [0.15, 0.2) is 83.4 Å². The summed E-state index contributed by atoms with van der Waals surface area (Å²) >= 11 is 0. The summed E-state index contributed by atoms with van der Waals surface area (Å²) < 4.78 is 0. The third-order valence-electron chi connectivity index (χ3n) is 7.86. The molecule has 1 heterocycles. The molecule has 0 spiro atoms. The lowest BCUT2D eigenvalue weighted by Gasteiger charge is -2.22. The summed E-state index contributed by atoms with van der Waals surface area (Å²) in [5.41, 5.74) is 13.7. The number of hydrogen-bond acceptors (Lipinski definition) is 4. The van der Waals surface area contributed by atoms with Crippen molar-refractivity contribution in [2.45, 2.75) is 52.4 Å². The number of ketones is 1. The van der Waals surface area contributed by atoms with Gasteiger partial charge >= 0.3 is 0 Å². The van der Waals surface area contributed by atoms with E-state index in [2.05, 4.69) is 61.3 Å². The highest BCUT2D eigenvalue weighted by Gasteiger charge is 2.24. The Hall–Kier alpha value is -4.25. The van der Waals surface area contributed by atoms with Gasteiger partial charge in [0.15, 0.2) is 5.78 Å². The molecule has 0 saturated heterocycles. The Morgan fingerprint density at radius 1 is 0.951 bits per heavy atom. The second-order valence-corrected chi connectivity index (χ2v) is 11.0. The Morgan fingerprint density at radius 2 is 1.68 bits per heavy atom. The fraction of sp³-hybridized carbons (Fsp3) is 0.306.